The number of aliphatic hydroxyl groups is 1. The molecule has 0 fully saturated rings. The zero-order valence-corrected chi connectivity index (χ0v) is 14.4. The number of halogens is 1. The molecule has 0 heterocycles. The molecule has 25 heavy (non-hydrogen) atoms. The van der Waals surface area contributed by atoms with Crippen LogP contribution in [0.1, 0.15) is 15.9 Å². The lowest BCUT2D eigenvalue weighted by atomic mass is 10.00. The first-order chi connectivity index (χ1) is 12.1. The standard InChI is InChI=1S/C21H19ClO3/c22-21(14-23,13-16-7-2-1-3-8-16)15-25-20(24)19-12-6-10-17-9-4-5-11-18(17)19/h1-12,23H,13-15H2/t21-/m1/s1. The van der Waals surface area contributed by atoms with Crippen LogP contribution in [0.4, 0.5) is 0 Å². The van der Waals surface area contributed by atoms with Crippen LogP contribution in [0.5, 0.6) is 0 Å². The summed E-state index contributed by atoms with van der Waals surface area (Å²) < 4.78 is 5.43. The fourth-order valence-electron chi connectivity index (χ4n) is 2.79. The van der Waals surface area contributed by atoms with E-state index in [0.717, 1.165) is 16.3 Å². The van der Waals surface area contributed by atoms with E-state index in [1.54, 1.807) is 6.07 Å². The van der Waals surface area contributed by atoms with Gasteiger partial charge in [-0.2, -0.15) is 0 Å². The number of esters is 1. The summed E-state index contributed by atoms with van der Waals surface area (Å²) in [6, 6.07) is 22.7. The molecular formula is C21H19ClO3. The van der Waals surface area contributed by atoms with E-state index < -0.39 is 10.8 Å². The van der Waals surface area contributed by atoms with Crippen LogP contribution in [-0.2, 0) is 11.2 Å². The largest absolute Gasteiger partial charge is 0.460 e. The number of fused-ring (bicyclic) bond motifs is 1. The van der Waals surface area contributed by atoms with E-state index in [1.165, 1.54) is 0 Å². The summed E-state index contributed by atoms with van der Waals surface area (Å²) in [5.41, 5.74) is 1.47. The molecule has 0 aromatic heterocycles. The van der Waals surface area contributed by atoms with Gasteiger partial charge >= 0.3 is 5.97 Å². The molecule has 1 N–H and O–H groups in total. The molecule has 0 amide bonds. The predicted molar refractivity (Wildman–Crippen MR) is 100 cm³/mol. The number of aliphatic hydroxyl groups excluding tert-OH is 1. The van der Waals surface area contributed by atoms with Gasteiger partial charge in [0.2, 0.25) is 0 Å². The minimum absolute atomic E-state index is 0.0675. The molecule has 0 spiro atoms. The molecule has 0 unspecified atom stereocenters. The first-order valence-corrected chi connectivity index (χ1v) is 8.48. The first-order valence-electron chi connectivity index (χ1n) is 8.10. The van der Waals surface area contributed by atoms with Crippen molar-refractivity contribution in [3.63, 3.8) is 0 Å². The minimum Gasteiger partial charge on any atom is -0.460 e. The van der Waals surface area contributed by atoms with Gasteiger partial charge in [-0.3, -0.25) is 0 Å². The Hall–Kier alpha value is -2.36. The van der Waals surface area contributed by atoms with Crippen LogP contribution >= 0.6 is 11.6 Å². The molecule has 3 nitrogen and oxygen atoms in total. The van der Waals surface area contributed by atoms with E-state index in [9.17, 15) is 9.90 Å². The number of hydrogen-bond acceptors (Lipinski definition) is 3. The Morgan fingerprint density at radius 1 is 0.960 bits per heavy atom. The van der Waals surface area contributed by atoms with Gasteiger partial charge in [-0.05, 0) is 28.8 Å². The molecule has 0 bridgehead atoms. The summed E-state index contributed by atoms with van der Waals surface area (Å²) >= 11 is 6.48. The lowest BCUT2D eigenvalue weighted by Gasteiger charge is -2.24. The van der Waals surface area contributed by atoms with Crippen molar-refractivity contribution in [2.75, 3.05) is 13.2 Å². The summed E-state index contributed by atoms with van der Waals surface area (Å²) in [4.78, 5) is 11.5. The summed E-state index contributed by atoms with van der Waals surface area (Å²) in [6.45, 7) is -0.353. The molecule has 0 aliphatic heterocycles. The first kappa shape index (κ1) is 17.5. The molecule has 128 valence electrons. The van der Waals surface area contributed by atoms with Gasteiger partial charge in [-0.25, -0.2) is 4.79 Å². The molecule has 1 atom stereocenters. The predicted octanol–water partition coefficient (Wildman–Crippen LogP) is 4.21. The van der Waals surface area contributed by atoms with Crippen molar-refractivity contribution in [3.05, 3.63) is 83.9 Å². The van der Waals surface area contributed by atoms with Gasteiger partial charge in [0, 0.05) is 0 Å². The van der Waals surface area contributed by atoms with Gasteiger partial charge < -0.3 is 9.84 Å². The molecule has 4 heteroatoms. The third kappa shape index (κ3) is 4.19. The average Bonchev–Trinajstić information content (AvgIpc) is 2.66. The van der Waals surface area contributed by atoms with Crippen LogP contribution in [0.2, 0.25) is 0 Å². The highest BCUT2D eigenvalue weighted by Crippen LogP contribution is 2.24. The molecule has 0 aliphatic rings. The second-order valence-electron chi connectivity index (χ2n) is 6.07. The fourth-order valence-corrected chi connectivity index (χ4v) is 3.00. The summed E-state index contributed by atoms with van der Waals surface area (Å²) in [7, 11) is 0. The lowest BCUT2D eigenvalue weighted by Crippen LogP contribution is -2.36. The number of carbonyl (C=O) groups is 1. The Balaban J connectivity index is 1.73. The maximum absolute atomic E-state index is 12.5. The van der Waals surface area contributed by atoms with E-state index in [-0.39, 0.29) is 13.2 Å². The third-order valence-corrected chi connectivity index (χ3v) is 4.48. The fraction of sp³-hybridized carbons (Fsp3) is 0.190. The number of rotatable bonds is 6. The van der Waals surface area contributed by atoms with Crippen molar-refractivity contribution in [1.29, 1.82) is 0 Å². The van der Waals surface area contributed by atoms with Gasteiger partial charge in [0.15, 0.2) is 0 Å². The van der Waals surface area contributed by atoms with Crippen molar-refractivity contribution in [3.8, 4) is 0 Å². The molecule has 0 saturated carbocycles. The number of benzene rings is 3. The quantitative estimate of drug-likeness (QED) is 0.533. The van der Waals surface area contributed by atoms with Gasteiger partial charge in [-0.1, -0.05) is 66.7 Å². The third-order valence-electron chi connectivity index (χ3n) is 4.12. The van der Waals surface area contributed by atoms with Crippen LogP contribution < -0.4 is 0 Å². The van der Waals surface area contributed by atoms with E-state index in [0.29, 0.717) is 12.0 Å². The van der Waals surface area contributed by atoms with Gasteiger partial charge in [0.25, 0.3) is 0 Å². The van der Waals surface area contributed by atoms with Crippen LogP contribution in [0, 0.1) is 0 Å². The second-order valence-corrected chi connectivity index (χ2v) is 6.88. The van der Waals surface area contributed by atoms with Gasteiger partial charge in [-0.15, -0.1) is 11.6 Å². The Kier molecular flexibility index (Phi) is 5.37. The summed E-state index contributed by atoms with van der Waals surface area (Å²) in [6.07, 6.45) is 0.411. The van der Waals surface area contributed by atoms with Crippen molar-refractivity contribution >= 4 is 28.3 Å². The van der Waals surface area contributed by atoms with Crippen molar-refractivity contribution < 1.29 is 14.6 Å². The monoisotopic (exact) mass is 354 g/mol. The molecule has 0 radical (unpaired) electrons. The van der Waals surface area contributed by atoms with Gasteiger partial charge in [0.05, 0.1) is 12.2 Å². The number of carbonyl (C=O) groups excluding carboxylic acids is 1. The normalized spacial score (nSPS) is 13.4. The van der Waals surface area contributed by atoms with Crippen LogP contribution in [0.3, 0.4) is 0 Å². The Bertz CT molecular complexity index is 858. The topological polar surface area (TPSA) is 46.5 Å². The zero-order chi connectivity index (χ0) is 17.7. The lowest BCUT2D eigenvalue weighted by molar-refractivity contribution is 0.0421. The second kappa shape index (κ2) is 7.68. The summed E-state index contributed by atoms with van der Waals surface area (Å²) in [5.74, 6) is -0.441. The minimum atomic E-state index is -1.04. The number of hydrogen-bond donors (Lipinski definition) is 1. The molecular weight excluding hydrogens is 336 g/mol. The highest BCUT2D eigenvalue weighted by atomic mass is 35.5. The summed E-state index contributed by atoms with van der Waals surface area (Å²) in [5, 5.41) is 11.5. The average molecular weight is 355 g/mol. The maximum Gasteiger partial charge on any atom is 0.338 e. The van der Waals surface area contributed by atoms with Crippen molar-refractivity contribution in [2.24, 2.45) is 0 Å². The van der Waals surface area contributed by atoms with Crippen molar-refractivity contribution in [1.82, 2.24) is 0 Å². The molecule has 3 aromatic carbocycles. The zero-order valence-electron chi connectivity index (χ0n) is 13.7. The van der Waals surface area contributed by atoms with E-state index in [2.05, 4.69) is 0 Å². The van der Waals surface area contributed by atoms with E-state index >= 15 is 0 Å². The molecule has 0 aliphatic carbocycles. The Labute approximate surface area is 151 Å². The Morgan fingerprint density at radius 3 is 2.40 bits per heavy atom. The molecule has 0 saturated heterocycles. The number of ether oxygens (including phenoxy) is 1. The van der Waals surface area contributed by atoms with E-state index in [1.807, 2.05) is 66.7 Å². The SMILES string of the molecule is O=C(OC[C@](Cl)(CO)Cc1ccccc1)c1cccc2ccccc12. The maximum atomic E-state index is 12.5. The molecule has 3 aromatic rings. The van der Waals surface area contributed by atoms with Gasteiger partial charge in [0.1, 0.15) is 11.5 Å². The van der Waals surface area contributed by atoms with E-state index in [4.69, 9.17) is 16.3 Å². The highest BCUT2D eigenvalue weighted by molar-refractivity contribution is 6.24. The Morgan fingerprint density at radius 2 is 1.64 bits per heavy atom. The van der Waals surface area contributed by atoms with Crippen LogP contribution in [0.15, 0.2) is 72.8 Å². The van der Waals surface area contributed by atoms with Crippen molar-refractivity contribution in [2.45, 2.75) is 11.3 Å². The smallest absolute Gasteiger partial charge is 0.338 e. The van der Waals surface area contributed by atoms with Crippen LogP contribution in [0.25, 0.3) is 10.8 Å². The molecule has 3 rings (SSSR count). The number of alkyl halides is 1. The van der Waals surface area contributed by atoms with Crippen LogP contribution in [-0.4, -0.2) is 29.2 Å². The highest BCUT2D eigenvalue weighted by Gasteiger charge is 2.29.